The third kappa shape index (κ3) is 2.52. The summed E-state index contributed by atoms with van der Waals surface area (Å²) in [5.74, 6) is -1.72. The number of nitrogens with zero attached hydrogens (tertiary/aromatic N) is 2. The van der Waals surface area contributed by atoms with Crippen LogP contribution in [0.5, 0.6) is 0 Å². The average molecular weight is 212 g/mol. The zero-order valence-corrected chi connectivity index (χ0v) is 8.70. The Bertz CT molecular complexity index is 330. The fourth-order valence-electron chi connectivity index (χ4n) is 1.05. The topological polar surface area (TPSA) is 90.9 Å². The summed E-state index contributed by atoms with van der Waals surface area (Å²) in [4.78, 5) is 38.2. The van der Waals surface area contributed by atoms with Crippen LogP contribution in [0.3, 0.4) is 0 Å². The maximum absolute atomic E-state index is 11.4. The fourth-order valence-corrected chi connectivity index (χ4v) is 1.05. The van der Waals surface area contributed by atoms with Gasteiger partial charge in [-0.2, -0.15) is 0 Å². The Morgan fingerprint density at radius 1 is 1.27 bits per heavy atom. The summed E-state index contributed by atoms with van der Waals surface area (Å²) in [5, 5.41) is 4.42. The van der Waals surface area contributed by atoms with E-state index in [0.717, 1.165) is 0 Å². The van der Waals surface area contributed by atoms with E-state index in [-0.39, 0.29) is 11.9 Å². The van der Waals surface area contributed by atoms with Crippen molar-refractivity contribution in [1.29, 1.82) is 0 Å². The normalized spacial score (nSPS) is 16.9. The zero-order chi connectivity index (χ0) is 11.6. The van der Waals surface area contributed by atoms with Gasteiger partial charge in [0.1, 0.15) is 6.04 Å². The third-order valence-electron chi connectivity index (χ3n) is 1.79. The Morgan fingerprint density at radius 2 is 1.73 bits per heavy atom. The molecule has 7 nitrogen and oxygen atoms in total. The van der Waals surface area contributed by atoms with E-state index in [1.165, 1.54) is 4.90 Å². The van der Waals surface area contributed by atoms with Gasteiger partial charge in [0.25, 0.3) is 0 Å². The molecule has 0 bridgehead atoms. The number of likely N-dealkylation sites (N-methyl/N-ethyl adjacent to an activating group) is 1. The minimum Gasteiger partial charge on any atom is -0.347 e. The summed E-state index contributed by atoms with van der Waals surface area (Å²) in [7, 11) is 3.20. The first-order valence-electron chi connectivity index (χ1n) is 4.33. The van der Waals surface area contributed by atoms with Gasteiger partial charge in [0, 0.05) is 14.1 Å². The van der Waals surface area contributed by atoms with E-state index in [4.69, 9.17) is 0 Å². The van der Waals surface area contributed by atoms with Crippen molar-refractivity contribution in [3.8, 4) is 0 Å². The number of amides is 3. The second-order valence-corrected chi connectivity index (χ2v) is 3.29. The zero-order valence-electron chi connectivity index (χ0n) is 8.70. The molecule has 1 aliphatic heterocycles. The smallest absolute Gasteiger partial charge is 0.316 e. The standard InChI is InChI=1S/C8H12N4O3/c1-4(7(15)12(2)3)9-8-10-5(13)6(14)11-8/h4H,1-3H3,(H2,9,10,11,13,14). The number of hydrogen-bond acceptors (Lipinski definition) is 4. The quantitative estimate of drug-likeness (QED) is 0.522. The minimum absolute atomic E-state index is 0.0210. The van der Waals surface area contributed by atoms with E-state index in [1.807, 2.05) is 0 Å². The molecular formula is C8H12N4O3. The average Bonchev–Trinajstić information content (AvgIpc) is 2.44. The predicted octanol–water partition coefficient (Wildman–Crippen LogP) is -1.93. The molecule has 0 saturated carbocycles. The molecule has 1 fully saturated rings. The van der Waals surface area contributed by atoms with Crippen molar-refractivity contribution in [2.45, 2.75) is 13.0 Å². The van der Waals surface area contributed by atoms with Crippen LogP contribution in [0.4, 0.5) is 0 Å². The first kappa shape index (κ1) is 11.2. The lowest BCUT2D eigenvalue weighted by Crippen LogP contribution is -2.34. The Labute approximate surface area is 86.5 Å². The van der Waals surface area contributed by atoms with Crippen LogP contribution in [-0.4, -0.2) is 48.7 Å². The largest absolute Gasteiger partial charge is 0.347 e. The maximum atomic E-state index is 11.4. The second kappa shape index (κ2) is 4.07. The summed E-state index contributed by atoms with van der Waals surface area (Å²) in [6, 6.07) is -0.645. The summed E-state index contributed by atoms with van der Waals surface area (Å²) >= 11 is 0. The van der Waals surface area contributed by atoms with E-state index in [2.05, 4.69) is 15.6 Å². The first-order chi connectivity index (χ1) is 6.91. The summed E-state index contributed by atoms with van der Waals surface area (Å²) in [6.07, 6.45) is 0. The lowest BCUT2D eigenvalue weighted by atomic mass is 10.3. The van der Waals surface area contributed by atoms with Gasteiger partial charge in [-0.05, 0) is 6.92 Å². The van der Waals surface area contributed by atoms with Crippen molar-refractivity contribution < 1.29 is 14.4 Å². The molecule has 2 N–H and O–H groups in total. The van der Waals surface area contributed by atoms with Gasteiger partial charge in [-0.25, -0.2) is 4.99 Å². The highest BCUT2D eigenvalue weighted by molar-refractivity contribution is 6.45. The minimum atomic E-state index is -0.766. The third-order valence-corrected chi connectivity index (χ3v) is 1.79. The van der Waals surface area contributed by atoms with Gasteiger partial charge < -0.3 is 4.90 Å². The van der Waals surface area contributed by atoms with E-state index < -0.39 is 17.9 Å². The number of nitrogens with one attached hydrogen (secondary N) is 2. The van der Waals surface area contributed by atoms with Gasteiger partial charge in [-0.3, -0.25) is 25.0 Å². The molecule has 82 valence electrons. The molecule has 0 aromatic carbocycles. The Hall–Kier alpha value is -1.92. The lowest BCUT2D eigenvalue weighted by molar-refractivity contribution is -0.135. The number of hydrogen-bond donors (Lipinski definition) is 2. The van der Waals surface area contributed by atoms with E-state index >= 15 is 0 Å². The highest BCUT2D eigenvalue weighted by Crippen LogP contribution is 1.95. The van der Waals surface area contributed by atoms with Crippen LogP contribution < -0.4 is 10.6 Å². The maximum Gasteiger partial charge on any atom is 0.316 e. The summed E-state index contributed by atoms with van der Waals surface area (Å²) in [5.41, 5.74) is 0. The molecule has 0 spiro atoms. The van der Waals surface area contributed by atoms with Crippen LogP contribution in [0.15, 0.2) is 4.99 Å². The number of rotatable bonds is 2. The van der Waals surface area contributed by atoms with Gasteiger partial charge >= 0.3 is 11.8 Å². The van der Waals surface area contributed by atoms with Crippen LogP contribution >= 0.6 is 0 Å². The molecule has 1 unspecified atom stereocenters. The van der Waals surface area contributed by atoms with Crippen molar-refractivity contribution in [3.05, 3.63) is 0 Å². The molecule has 0 aromatic rings. The molecule has 0 aliphatic carbocycles. The second-order valence-electron chi connectivity index (χ2n) is 3.29. The van der Waals surface area contributed by atoms with Gasteiger partial charge in [0.2, 0.25) is 11.9 Å². The SMILES string of the molecule is CC(N=C1NC(=O)C(=O)N1)C(=O)N(C)C. The van der Waals surface area contributed by atoms with Crippen molar-refractivity contribution in [2.24, 2.45) is 4.99 Å². The van der Waals surface area contributed by atoms with Gasteiger partial charge in [-0.15, -0.1) is 0 Å². The Morgan fingerprint density at radius 3 is 2.13 bits per heavy atom. The van der Waals surface area contributed by atoms with Crippen LogP contribution in [0.1, 0.15) is 6.92 Å². The van der Waals surface area contributed by atoms with E-state index in [9.17, 15) is 14.4 Å². The van der Waals surface area contributed by atoms with Crippen molar-refractivity contribution in [3.63, 3.8) is 0 Å². The summed E-state index contributed by atoms with van der Waals surface area (Å²) < 4.78 is 0. The first-order valence-corrected chi connectivity index (χ1v) is 4.33. The molecule has 0 aromatic heterocycles. The van der Waals surface area contributed by atoms with Crippen LogP contribution in [0.25, 0.3) is 0 Å². The molecule has 1 aliphatic rings. The Kier molecular flexibility index (Phi) is 3.03. The molecule has 1 saturated heterocycles. The van der Waals surface area contributed by atoms with Crippen molar-refractivity contribution in [2.75, 3.05) is 14.1 Å². The van der Waals surface area contributed by atoms with Crippen molar-refractivity contribution >= 4 is 23.7 Å². The highest BCUT2D eigenvalue weighted by atomic mass is 16.2. The molecule has 0 radical (unpaired) electrons. The highest BCUT2D eigenvalue weighted by Gasteiger charge is 2.26. The molecule has 1 rings (SSSR count). The van der Waals surface area contributed by atoms with Gasteiger partial charge in [0.15, 0.2) is 0 Å². The molecular weight excluding hydrogens is 200 g/mol. The van der Waals surface area contributed by atoms with Gasteiger partial charge in [-0.1, -0.05) is 0 Å². The monoisotopic (exact) mass is 212 g/mol. The number of guanidine groups is 1. The fraction of sp³-hybridized carbons (Fsp3) is 0.500. The number of aliphatic imine (C=N–C) groups is 1. The Balaban J connectivity index is 2.69. The molecule has 15 heavy (non-hydrogen) atoms. The molecule has 1 atom stereocenters. The van der Waals surface area contributed by atoms with Crippen LogP contribution in [0.2, 0.25) is 0 Å². The number of carbonyl (C=O) groups is 3. The molecule has 7 heteroatoms. The van der Waals surface area contributed by atoms with E-state index in [0.29, 0.717) is 0 Å². The van der Waals surface area contributed by atoms with Gasteiger partial charge in [0.05, 0.1) is 0 Å². The van der Waals surface area contributed by atoms with Crippen LogP contribution in [0, 0.1) is 0 Å². The van der Waals surface area contributed by atoms with E-state index in [1.54, 1.807) is 21.0 Å². The summed E-state index contributed by atoms with van der Waals surface area (Å²) in [6.45, 7) is 1.58. The van der Waals surface area contributed by atoms with Crippen LogP contribution in [-0.2, 0) is 14.4 Å². The van der Waals surface area contributed by atoms with Crippen molar-refractivity contribution in [1.82, 2.24) is 15.5 Å². The predicted molar refractivity (Wildman–Crippen MR) is 51.9 cm³/mol. The molecule has 3 amide bonds. The number of carbonyl (C=O) groups excluding carboxylic acids is 3. The lowest BCUT2D eigenvalue weighted by Gasteiger charge is -2.13. The molecule has 1 heterocycles.